The van der Waals surface area contributed by atoms with Crippen LogP contribution < -0.4 is 21.5 Å². The Morgan fingerprint density at radius 2 is 1.47 bits per heavy atom. The monoisotopic (exact) mass is 1100 g/mol. The van der Waals surface area contributed by atoms with Gasteiger partial charge in [-0.3, -0.25) is 24.2 Å². The average Bonchev–Trinajstić information content (AvgIpc) is 3.93. The summed E-state index contributed by atoms with van der Waals surface area (Å²) in [6, 6.07) is 19.3. The molecule has 9 rings (SSSR count). The van der Waals surface area contributed by atoms with Gasteiger partial charge < -0.3 is 40.4 Å². The summed E-state index contributed by atoms with van der Waals surface area (Å²) in [7, 11) is 2.03. The molecule has 0 saturated carbocycles. The van der Waals surface area contributed by atoms with Crippen LogP contribution in [0.3, 0.4) is 0 Å². The third kappa shape index (κ3) is 16.0. The number of nitrogens with two attached hydrogens (primary N) is 1. The summed E-state index contributed by atoms with van der Waals surface area (Å²) >= 11 is 0. The van der Waals surface area contributed by atoms with Crippen LogP contribution in [0.5, 0.6) is 0 Å². The van der Waals surface area contributed by atoms with Gasteiger partial charge >= 0.3 is 18.1 Å². The number of aryl methyl sites for hydroxylation is 1. The molecule has 418 valence electrons. The maximum Gasteiger partial charge on any atom is 0.411 e. The number of nitrogens with one attached hydrogen (secondary N) is 1. The molecule has 2 aliphatic heterocycles. The first-order valence-electron chi connectivity index (χ1n) is 24.7. The summed E-state index contributed by atoms with van der Waals surface area (Å²) in [4.78, 5) is 69.7. The molecule has 4 aromatic carbocycles. The molecular formula is C55H56F7N9O8. The second-order valence-electron chi connectivity index (χ2n) is 18.0. The van der Waals surface area contributed by atoms with Crippen molar-refractivity contribution in [2.75, 3.05) is 38.3 Å². The molecule has 2 atom stereocenters. The number of ether oxygens (including phenoxy) is 1. The number of carboxylic acid groups (broad SMARTS) is 2. The van der Waals surface area contributed by atoms with E-state index in [9.17, 15) is 59.8 Å². The third-order valence-electron chi connectivity index (χ3n) is 12.5. The Morgan fingerprint density at radius 3 is 2.13 bits per heavy atom. The summed E-state index contributed by atoms with van der Waals surface area (Å²) in [5.41, 5.74) is 9.80. The number of halogens is 7. The molecule has 1 fully saturated rings. The van der Waals surface area contributed by atoms with E-state index in [1.807, 2.05) is 63.5 Å². The lowest BCUT2D eigenvalue weighted by atomic mass is 10.0. The number of carbonyl (C=O) groups is 4. The number of alkyl halides is 3. The van der Waals surface area contributed by atoms with Crippen LogP contribution >= 0.6 is 0 Å². The molecule has 2 amide bonds. The van der Waals surface area contributed by atoms with E-state index >= 15 is 0 Å². The average molecular weight is 1100 g/mol. The van der Waals surface area contributed by atoms with Crippen LogP contribution in [-0.2, 0) is 53.1 Å². The number of likely N-dealkylation sites (N-methyl/N-ethyl adjacent to an activating group) is 1. The summed E-state index contributed by atoms with van der Waals surface area (Å²) in [5, 5.41) is 24.6. The van der Waals surface area contributed by atoms with E-state index in [0.717, 1.165) is 76.3 Å². The van der Waals surface area contributed by atoms with Crippen molar-refractivity contribution in [3.63, 3.8) is 0 Å². The molecular weight excluding hydrogens is 1050 g/mol. The van der Waals surface area contributed by atoms with E-state index in [4.69, 9.17) is 15.6 Å². The summed E-state index contributed by atoms with van der Waals surface area (Å²) in [6.45, 7) is 5.11. The molecule has 2 unspecified atom stereocenters. The predicted molar refractivity (Wildman–Crippen MR) is 275 cm³/mol. The minimum atomic E-state index is -4.62. The van der Waals surface area contributed by atoms with Crippen LogP contribution in [0.2, 0.25) is 0 Å². The number of morpholine rings is 1. The molecule has 0 aliphatic carbocycles. The molecule has 3 aromatic heterocycles. The molecule has 0 radical (unpaired) electrons. The first-order valence-corrected chi connectivity index (χ1v) is 24.7. The number of hydrogen-bond donors (Lipinski definition) is 4. The molecule has 0 bridgehead atoms. The SMILES string of the molecule is CC.CN1CCc2c(ccc(=O)n2Cc2cccc(CC(NC(=O)c3c(F)cccc3F)C(=O)O)c2)C1.NC(=O)c1c(F)cc(N2CCOCC2C(F)(F)F)cc1F.O=C(O)CCc1cccc(Cc2cn3ncnc3cn2)c1. The van der Waals surface area contributed by atoms with Gasteiger partial charge in [0.25, 0.3) is 17.4 Å². The minimum Gasteiger partial charge on any atom is -0.481 e. The van der Waals surface area contributed by atoms with Gasteiger partial charge in [0.05, 0.1) is 37.8 Å². The highest BCUT2D eigenvalue weighted by atomic mass is 19.4. The summed E-state index contributed by atoms with van der Waals surface area (Å²) in [6.07, 6.45) is 2.44. The van der Waals surface area contributed by atoms with Gasteiger partial charge in [0, 0.05) is 62.8 Å². The Balaban J connectivity index is 0.000000198. The van der Waals surface area contributed by atoms with Crippen molar-refractivity contribution in [1.82, 2.24) is 34.4 Å². The van der Waals surface area contributed by atoms with E-state index < -0.39 is 83.0 Å². The molecule has 2 aliphatic rings. The van der Waals surface area contributed by atoms with Crippen LogP contribution in [0.1, 0.15) is 80.2 Å². The number of hydrogen-bond acceptors (Lipinski definition) is 11. The standard InChI is InChI=1S/C26H25F2N3O4.C15H14N4O2.C12H11F5N2O2.C2H6/c1-30-11-10-22-18(15-30)8-9-23(32)31(22)14-17-5-2-4-16(12-17)13-21(26(34)35)29-25(33)24-19(27)6-3-7-20(24)28;20-15(21)5-4-11-2-1-3-12(6-11)7-13-9-19-14(8-16-13)17-10-18-19;13-7-3-6(4-8(14)10(7)11(18)20)19-1-2-21-5-9(19)12(15,16)17;1-2/h2-9,12,21H,10-11,13-15H2,1H3,(H,29,33)(H,34,35);1-3,6,8-10H,4-5,7H2,(H,20,21);3-4,9H,1-2,5H2,(H2,18,20);1-2H3. The van der Waals surface area contributed by atoms with Crippen LogP contribution in [0, 0.1) is 23.3 Å². The molecule has 79 heavy (non-hydrogen) atoms. The van der Waals surface area contributed by atoms with Gasteiger partial charge in [0.2, 0.25) is 0 Å². The number of benzene rings is 4. The summed E-state index contributed by atoms with van der Waals surface area (Å²) in [5.74, 6) is -9.33. The number of aliphatic carboxylic acids is 2. The number of rotatable bonds is 14. The Hall–Kier alpha value is -8.51. The second kappa shape index (κ2) is 27.2. The smallest absolute Gasteiger partial charge is 0.411 e. The zero-order valence-corrected chi connectivity index (χ0v) is 43.0. The zero-order chi connectivity index (χ0) is 57.6. The Morgan fingerprint density at radius 1 is 0.823 bits per heavy atom. The van der Waals surface area contributed by atoms with Gasteiger partial charge in [-0.25, -0.2) is 31.9 Å². The quantitative estimate of drug-likeness (QED) is 0.0793. The lowest BCUT2D eigenvalue weighted by Gasteiger charge is -2.38. The number of anilines is 1. The highest BCUT2D eigenvalue weighted by molar-refractivity contribution is 5.97. The summed E-state index contributed by atoms with van der Waals surface area (Å²) < 4.78 is 102. The number of carbonyl (C=O) groups excluding carboxylic acids is 2. The van der Waals surface area contributed by atoms with Gasteiger partial charge in [0.15, 0.2) is 5.65 Å². The molecule has 5 heterocycles. The van der Waals surface area contributed by atoms with E-state index in [1.165, 1.54) is 6.33 Å². The largest absolute Gasteiger partial charge is 0.481 e. The van der Waals surface area contributed by atoms with Gasteiger partial charge in [0.1, 0.15) is 52.8 Å². The number of pyridine rings is 1. The Bertz CT molecular complexity index is 3310. The fourth-order valence-electron chi connectivity index (χ4n) is 8.72. The fraction of sp³-hybridized carbons (Fsp3) is 0.309. The normalized spacial score (nSPS) is 14.5. The Labute approximate surface area is 448 Å². The Kier molecular flexibility index (Phi) is 20.6. The van der Waals surface area contributed by atoms with Gasteiger partial charge in [-0.2, -0.15) is 18.3 Å². The highest BCUT2D eigenvalue weighted by Crippen LogP contribution is 2.33. The highest BCUT2D eigenvalue weighted by Gasteiger charge is 2.46. The van der Waals surface area contributed by atoms with Crippen molar-refractivity contribution in [3.8, 4) is 0 Å². The number of fused-ring (bicyclic) bond motifs is 2. The molecule has 1 saturated heterocycles. The van der Waals surface area contributed by atoms with Crippen molar-refractivity contribution in [2.24, 2.45) is 5.73 Å². The first-order chi connectivity index (χ1) is 37.6. The molecule has 7 aromatic rings. The van der Waals surface area contributed by atoms with E-state index in [0.29, 0.717) is 42.7 Å². The second-order valence-corrected chi connectivity index (χ2v) is 18.0. The lowest BCUT2D eigenvalue weighted by molar-refractivity contribution is -0.167. The van der Waals surface area contributed by atoms with Crippen LogP contribution in [0.15, 0.2) is 115 Å². The van der Waals surface area contributed by atoms with Crippen molar-refractivity contribution in [2.45, 2.75) is 77.3 Å². The molecule has 17 nitrogen and oxygen atoms in total. The van der Waals surface area contributed by atoms with E-state index in [2.05, 4.69) is 25.3 Å². The fourth-order valence-corrected chi connectivity index (χ4v) is 8.72. The maximum absolute atomic E-state index is 13.9. The maximum atomic E-state index is 13.9. The van der Waals surface area contributed by atoms with Gasteiger partial charge in [-0.1, -0.05) is 74.5 Å². The van der Waals surface area contributed by atoms with Crippen LogP contribution in [-0.4, -0.2) is 115 Å². The zero-order valence-electron chi connectivity index (χ0n) is 43.0. The van der Waals surface area contributed by atoms with Gasteiger partial charge in [-0.05, 0) is 65.6 Å². The number of amides is 2. The predicted octanol–water partition coefficient (Wildman–Crippen LogP) is 7.18. The van der Waals surface area contributed by atoms with Crippen molar-refractivity contribution < 1.29 is 64.9 Å². The molecule has 5 N–H and O–H groups in total. The molecule has 24 heteroatoms. The third-order valence-corrected chi connectivity index (χ3v) is 12.5. The number of nitrogens with zero attached hydrogens (tertiary/aromatic N) is 7. The minimum absolute atomic E-state index is 0.00656. The molecule has 0 spiro atoms. The van der Waals surface area contributed by atoms with Crippen LogP contribution in [0.4, 0.5) is 36.4 Å². The first kappa shape index (κ1) is 59.7. The van der Waals surface area contributed by atoms with Crippen molar-refractivity contribution >= 4 is 35.1 Å². The number of carboxylic acids is 2. The van der Waals surface area contributed by atoms with Crippen LogP contribution in [0.25, 0.3) is 5.65 Å². The van der Waals surface area contributed by atoms with E-state index in [-0.39, 0.29) is 37.2 Å². The van der Waals surface area contributed by atoms with Crippen molar-refractivity contribution in [3.05, 3.63) is 194 Å². The van der Waals surface area contributed by atoms with E-state index in [1.54, 1.807) is 39.5 Å². The van der Waals surface area contributed by atoms with Crippen molar-refractivity contribution in [1.29, 1.82) is 0 Å². The number of primary amides is 1. The lowest BCUT2D eigenvalue weighted by Crippen LogP contribution is -2.53. The number of aromatic nitrogens is 5. The topological polar surface area (TPSA) is 228 Å². The van der Waals surface area contributed by atoms with Gasteiger partial charge in [-0.15, -0.1) is 0 Å².